The van der Waals surface area contributed by atoms with Crippen molar-refractivity contribution in [3.05, 3.63) is 41.3 Å². The Morgan fingerprint density at radius 2 is 2.06 bits per heavy atom. The van der Waals surface area contributed by atoms with Gasteiger partial charge in [0.25, 0.3) is 0 Å². The van der Waals surface area contributed by atoms with Crippen LogP contribution in [0.15, 0.2) is 30.6 Å². The lowest BCUT2D eigenvalue weighted by Gasteiger charge is -2.11. The Kier molecular flexibility index (Phi) is 4.39. The maximum Gasteiger partial charge on any atom is 0.0672 e. The lowest BCUT2D eigenvalue weighted by molar-refractivity contribution is 0.190. The van der Waals surface area contributed by atoms with Crippen molar-refractivity contribution in [1.82, 2.24) is 9.55 Å². The number of aryl methyl sites for hydroxylation is 1. The first-order chi connectivity index (χ1) is 8.74. The molecule has 0 saturated heterocycles. The van der Waals surface area contributed by atoms with Crippen molar-refractivity contribution in [2.75, 3.05) is 13.7 Å². The van der Waals surface area contributed by atoms with E-state index in [0.717, 1.165) is 35.9 Å². The molecule has 4 heteroatoms. The molecular formula is C14H17ClN2O. The molecule has 0 aliphatic carbocycles. The maximum absolute atomic E-state index is 6.33. The monoisotopic (exact) mass is 264 g/mol. The first-order valence-corrected chi connectivity index (χ1v) is 6.37. The summed E-state index contributed by atoms with van der Waals surface area (Å²) in [6.45, 7) is 3.73. The molecule has 0 bridgehead atoms. The van der Waals surface area contributed by atoms with Gasteiger partial charge in [0, 0.05) is 43.9 Å². The zero-order chi connectivity index (χ0) is 13.0. The van der Waals surface area contributed by atoms with Gasteiger partial charge in [0.1, 0.15) is 0 Å². The lowest BCUT2D eigenvalue weighted by atomic mass is 10.2. The number of hydrogen-bond donors (Lipinski definition) is 0. The second kappa shape index (κ2) is 6.03. The SMILES string of the molecule is COCCCn1c(C)cc(Cl)c1-c1ccncc1. The summed E-state index contributed by atoms with van der Waals surface area (Å²) < 4.78 is 7.33. The van der Waals surface area contributed by atoms with Gasteiger partial charge < -0.3 is 9.30 Å². The predicted molar refractivity (Wildman–Crippen MR) is 73.9 cm³/mol. The Balaban J connectivity index is 2.34. The van der Waals surface area contributed by atoms with Crippen molar-refractivity contribution in [3.8, 4) is 11.3 Å². The van der Waals surface area contributed by atoms with Gasteiger partial charge in [-0.05, 0) is 31.5 Å². The topological polar surface area (TPSA) is 27.1 Å². The molecule has 2 heterocycles. The molecule has 0 radical (unpaired) electrons. The van der Waals surface area contributed by atoms with E-state index >= 15 is 0 Å². The minimum absolute atomic E-state index is 0.755. The van der Waals surface area contributed by atoms with Crippen LogP contribution < -0.4 is 0 Å². The van der Waals surface area contributed by atoms with Gasteiger partial charge in [-0.15, -0.1) is 0 Å². The molecule has 0 N–H and O–H groups in total. The minimum atomic E-state index is 0.755. The van der Waals surface area contributed by atoms with E-state index < -0.39 is 0 Å². The number of hydrogen-bond acceptors (Lipinski definition) is 2. The maximum atomic E-state index is 6.33. The highest BCUT2D eigenvalue weighted by molar-refractivity contribution is 6.33. The molecule has 0 saturated carbocycles. The molecule has 0 amide bonds. The van der Waals surface area contributed by atoms with Crippen LogP contribution in [0.1, 0.15) is 12.1 Å². The van der Waals surface area contributed by atoms with Crippen molar-refractivity contribution in [2.45, 2.75) is 19.9 Å². The molecule has 0 unspecified atom stereocenters. The third-order valence-corrected chi connectivity index (χ3v) is 3.23. The molecule has 0 aliphatic rings. The average molecular weight is 265 g/mol. The van der Waals surface area contributed by atoms with Crippen LogP contribution in [0.2, 0.25) is 5.02 Å². The highest BCUT2D eigenvalue weighted by Gasteiger charge is 2.12. The summed E-state index contributed by atoms with van der Waals surface area (Å²) in [6.07, 6.45) is 4.54. The summed E-state index contributed by atoms with van der Waals surface area (Å²) >= 11 is 6.33. The number of ether oxygens (including phenoxy) is 1. The molecule has 2 aromatic heterocycles. The second-order valence-electron chi connectivity index (χ2n) is 4.22. The lowest BCUT2D eigenvalue weighted by Crippen LogP contribution is -2.05. The van der Waals surface area contributed by atoms with Crippen LogP contribution in [-0.4, -0.2) is 23.3 Å². The Morgan fingerprint density at radius 1 is 1.33 bits per heavy atom. The summed E-state index contributed by atoms with van der Waals surface area (Å²) in [7, 11) is 1.72. The van der Waals surface area contributed by atoms with Crippen LogP contribution in [-0.2, 0) is 11.3 Å². The molecule has 0 aliphatic heterocycles. The molecule has 0 fully saturated rings. The van der Waals surface area contributed by atoms with Crippen LogP contribution in [0.5, 0.6) is 0 Å². The van der Waals surface area contributed by atoms with Gasteiger partial charge in [-0.2, -0.15) is 0 Å². The molecule has 3 nitrogen and oxygen atoms in total. The van der Waals surface area contributed by atoms with Gasteiger partial charge in [-0.25, -0.2) is 0 Å². The smallest absolute Gasteiger partial charge is 0.0672 e. The third-order valence-electron chi connectivity index (χ3n) is 2.94. The number of nitrogens with zero attached hydrogens (tertiary/aromatic N) is 2. The Morgan fingerprint density at radius 3 is 2.72 bits per heavy atom. The number of aromatic nitrogens is 2. The number of rotatable bonds is 5. The fourth-order valence-electron chi connectivity index (χ4n) is 2.09. The van der Waals surface area contributed by atoms with Gasteiger partial charge in [0.2, 0.25) is 0 Å². The van der Waals surface area contributed by atoms with Crippen LogP contribution in [0.4, 0.5) is 0 Å². The van der Waals surface area contributed by atoms with Crippen molar-refractivity contribution < 1.29 is 4.74 Å². The van der Waals surface area contributed by atoms with Crippen molar-refractivity contribution in [1.29, 1.82) is 0 Å². The van der Waals surface area contributed by atoms with E-state index in [9.17, 15) is 0 Å². The molecule has 0 atom stereocenters. The first kappa shape index (κ1) is 13.1. The zero-order valence-corrected chi connectivity index (χ0v) is 11.4. The van der Waals surface area contributed by atoms with Crippen LogP contribution in [0.3, 0.4) is 0 Å². The average Bonchev–Trinajstić information content (AvgIpc) is 2.66. The van der Waals surface area contributed by atoms with E-state index in [1.165, 1.54) is 5.69 Å². The van der Waals surface area contributed by atoms with E-state index in [0.29, 0.717) is 0 Å². The zero-order valence-electron chi connectivity index (χ0n) is 10.7. The number of halogens is 1. The second-order valence-corrected chi connectivity index (χ2v) is 4.62. The Bertz CT molecular complexity index is 508. The fourth-order valence-corrected chi connectivity index (χ4v) is 2.46. The van der Waals surface area contributed by atoms with E-state index in [1.54, 1.807) is 19.5 Å². The van der Waals surface area contributed by atoms with Crippen LogP contribution >= 0.6 is 11.6 Å². The highest BCUT2D eigenvalue weighted by Crippen LogP contribution is 2.31. The summed E-state index contributed by atoms with van der Waals surface area (Å²) in [4.78, 5) is 4.04. The molecule has 0 spiro atoms. The van der Waals surface area contributed by atoms with Crippen molar-refractivity contribution in [3.63, 3.8) is 0 Å². The number of pyridine rings is 1. The quantitative estimate of drug-likeness (QED) is 0.773. The summed E-state index contributed by atoms with van der Waals surface area (Å²) in [6, 6.07) is 5.96. The predicted octanol–water partition coefficient (Wildman–Crippen LogP) is 3.55. The third kappa shape index (κ3) is 2.74. The van der Waals surface area contributed by atoms with Gasteiger partial charge in [-0.3, -0.25) is 4.98 Å². The molecule has 0 aromatic carbocycles. The van der Waals surface area contributed by atoms with E-state index in [2.05, 4.69) is 16.5 Å². The van der Waals surface area contributed by atoms with E-state index in [4.69, 9.17) is 16.3 Å². The van der Waals surface area contributed by atoms with E-state index in [1.807, 2.05) is 18.2 Å². The first-order valence-electron chi connectivity index (χ1n) is 5.99. The fraction of sp³-hybridized carbons (Fsp3) is 0.357. The minimum Gasteiger partial charge on any atom is -0.385 e. The Hall–Kier alpha value is -1.32. The van der Waals surface area contributed by atoms with Crippen molar-refractivity contribution >= 4 is 11.6 Å². The summed E-state index contributed by atoms with van der Waals surface area (Å²) in [5.41, 5.74) is 3.33. The highest BCUT2D eigenvalue weighted by atomic mass is 35.5. The molecule has 2 aromatic rings. The Labute approximate surface area is 112 Å². The van der Waals surface area contributed by atoms with E-state index in [-0.39, 0.29) is 0 Å². The molecule has 18 heavy (non-hydrogen) atoms. The summed E-state index contributed by atoms with van der Waals surface area (Å²) in [5, 5.41) is 0.788. The van der Waals surface area contributed by atoms with Crippen LogP contribution in [0.25, 0.3) is 11.3 Å². The van der Waals surface area contributed by atoms with Gasteiger partial charge in [0.15, 0.2) is 0 Å². The summed E-state index contributed by atoms with van der Waals surface area (Å²) in [5.74, 6) is 0. The molecule has 96 valence electrons. The normalized spacial score (nSPS) is 10.8. The van der Waals surface area contributed by atoms with Gasteiger partial charge in [0.05, 0.1) is 10.7 Å². The van der Waals surface area contributed by atoms with Crippen molar-refractivity contribution in [2.24, 2.45) is 0 Å². The largest absolute Gasteiger partial charge is 0.385 e. The van der Waals surface area contributed by atoms with Crippen LogP contribution in [0, 0.1) is 6.92 Å². The molecular weight excluding hydrogens is 248 g/mol. The standard InChI is InChI=1S/C14H17ClN2O/c1-11-10-13(15)14(12-4-6-16-7-5-12)17(11)8-3-9-18-2/h4-7,10H,3,8-9H2,1-2H3. The number of methoxy groups -OCH3 is 1. The van der Waals surface area contributed by atoms with Gasteiger partial charge in [-0.1, -0.05) is 11.6 Å². The van der Waals surface area contributed by atoms with Gasteiger partial charge >= 0.3 is 0 Å². The molecule has 2 rings (SSSR count).